The Hall–Kier alpha value is -3.17. The second kappa shape index (κ2) is 8.06. The summed E-state index contributed by atoms with van der Waals surface area (Å²) in [7, 11) is 0. The van der Waals surface area contributed by atoms with Gasteiger partial charge in [0.25, 0.3) is 5.91 Å². The van der Waals surface area contributed by atoms with E-state index in [9.17, 15) is 4.79 Å². The lowest BCUT2D eigenvalue weighted by Gasteiger charge is -2.11. The summed E-state index contributed by atoms with van der Waals surface area (Å²) in [6, 6.07) is 21.9. The van der Waals surface area contributed by atoms with E-state index in [4.69, 9.17) is 11.6 Å². The number of anilines is 1. The van der Waals surface area contributed by atoms with Crippen LogP contribution in [-0.4, -0.2) is 10.9 Å². The van der Waals surface area contributed by atoms with Crippen LogP contribution in [0.2, 0.25) is 0 Å². The van der Waals surface area contributed by atoms with Crippen molar-refractivity contribution >= 4 is 34.1 Å². The summed E-state index contributed by atoms with van der Waals surface area (Å²) in [4.78, 5) is 17.3. The Kier molecular flexibility index (Phi) is 5.32. The number of benzene rings is 3. The van der Waals surface area contributed by atoms with E-state index < -0.39 is 0 Å². The van der Waals surface area contributed by atoms with Crippen LogP contribution in [0.3, 0.4) is 0 Å². The van der Waals surface area contributed by atoms with Crippen molar-refractivity contribution < 1.29 is 4.79 Å². The Bertz CT molecular complexity index is 1180. The van der Waals surface area contributed by atoms with Gasteiger partial charge in [0.1, 0.15) is 0 Å². The fraction of sp³-hybridized carbons (Fsp3) is 0.120. The molecule has 29 heavy (non-hydrogen) atoms. The van der Waals surface area contributed by atoms with E-state index in [2.05, 4.69) is 41.5 Å². The minimum atomic E-state index is -0.139. The Labute approximate surface area is 175 Å². The van der Waals surface area contributed by atoms with Crippen molar-refractivity contribution in [3.63, 3.8) is 0 Å². The third-order valence-corrected chi connectivity index (χ3v) is 5.41. The van der Waals surface area contributed by atoms with E-state index >= 15 is 0 Å². The third kappa shape index (κ3) is 4.01. The quantitative estimate of drug-likeness (QED) is 0.397. The number of halogens is 1. The highest BCUT2D eigenvalue weighted by atomic mass is 35.5. The van der Waals surface area contributed by atoms with E-state index in [0.717, 1.165) is 38.8 Å². The summed E-state index contributed by atoms with van der Waals surface area (Å²) in [5, 5.41) is 4.02. The summed E-state index contributed by atoms with van der Waals surface area (Å²) >= 11 is 5.90. The minimum Gasteiger partial charge on any atom is -0.322 e. The molecule has 1 aromatic heterocycles. The molecule has 1 N–H and O–H groups in total. The first kappa shape index (κ1) is 19.2. The van der Waals surface area contributed by atoms with Gasteiger partial charge >= 0.3 is 0 Å². The number of pyridine rings is 1. The molecule has 0 aliphatic rings. The standard InChI is InChI=1S/C25H21ClN2O/c1-16-3-5-19(6-4-16)20-7-9-21(10-8-20)25(29)28-23-12-11-22-13-18(14-26)15-27-24(22)17(23)2/h3-13,15H,14H2,1-2H3,(H,28,29). The Balaban J connectivity index is 1.56. The third-order valence-electron chi connectivity index (χ3n) is 5.10. The topological polar surface area (TPSA) is 42.0 Å². The van der Waals surface area contributed by atoms with Crippen molar-refractivity contribution in [2.45, 2.75) is 19.7 Å². The smallest absolute Gasteiger partial charge is 0.255 e. The molecule has 4 rings (SSSR count). The number of alkyl halides is 1. The molecule has 0 fully saturated rings. The highest BCUT2D eigenvalue weighted by molar-refractivity contribution is 6.17. The van der Waals surface area contributed by atoms with Crippen molar-refractivity contribution in [3.8, 4) is 11.1 Å². The van der Waals surface area contributed by atoms with Gasteiger partial charge in [0.15, 0.2) is 0 Å². The Morgan fingerprint density at radius 1 is 0.931 bits per heavy atom. The molecule has 0 unspecified atom stereocenters. The lowest BCUT2D eigenvalue weighted by Crippen LogP contribution is -2.12. The fourth-order valence-corrected chi connectivity index (χ4v) is 3.50. The van der Waals surface area contributed by atoms with E-state index in [-0.39, 0.29) is 5.91 Å². The van der Waals surface area contributed by atoms with Crippen molar-refractivity contribution in [2.75, 3.05) is 5.32 Å². The van der Waals surface area contributed by atoms with Crippen LogP contribution in [0.1, 0.15) is 27.0 Å². The first-order valence-corrected chi connectivity index (χ1v) is 10.0. The number of amides is 1. The van der Waals surface area contributed by atoms with E-state index in [1.54, 1.807) is 6.20 Å². The number of fused-ring (bicyclic) bond motifs is 1. The zero-order valence-electron chi connectivity index (χ0n) is 16.4. The molecule has 0 spiro atoms. The number of aromatic nitrogens is 1. The summed E-state index contributed by atoms with van der Waals surface area (Å²) in [5.74, 6) is 0.291. The molecule has 4 heteroatoms. The molecule has 0 aliphatic heterocycles. The van der Waals surface area contributed by atoms with Gasteiger partial charge in [-0.15, -0.1) is 11.6 Å². The molecule has 4 aromatic rings. The average molecular weight is 401 g/mol. The predicted molar refractivity (Wildman–Crippen MR) is 121 cm³/mol. The second-order valence-corrected chi connectivity index (χ2v) is 7.45. The SMILES string of the molecule is Cc1ccc(-c2ccc(C(=O)Nc3ccc4cc(CCl)cnc4c3C)cc2)cc1. The lowest BCUT2D eigenvalue weighted by molar-refractivity contribution is 0.102. The van der Waals surface area contributed by atoms with Crippen LogP contribution in [0, 0.1) is 13.8 Å². The van der Waals surface area contributed by atoms with Crippen LogP contribution in [-0.2, 0) is 5.88 Å². The van der Waals surface area contributed by atoms with E-state index in [1.165, 1.54) is 5.56 Å². The second-order valence-electron chi connectivity index (χ2n) is 7.18. The lowest BCUT2D eigenvalue weighted by atomic mass is 10.0. The summed E-state index contributed by atoms with van der Waals surface area (Å²) in [6.45, 7) is 4.03. The first-order chi connectivity index (χ1) is 14.0. The zero-order chi connectivity index (χ0) is 20.4. The van der Waals surface area contributed by atoms with Crippen molar-refractivity contribution in [1.29, 1.82) is 0 Å². The highest BCUT2D eigenvalue weighted by Gasteiger charge is 2.11. The summed E-state index contributed by atoms with van der Waals surface area (Å²) in [5.41, 5.74) is 7.60. The van der Waals surface area contributed by atoms with Gasteiger partial charge in [-0.1, -0.05) is 48.0 Å². The number of hydrogen-bond donors (Lipinski definition) is 1. The molecule has 0 saturated heterocycles. The molecular weight excluding hydrogens is 380 g/mol. The molecule has 3 aromatic carbocycles. The van der Waals surface area contributed by atoms with E-state index in [0.29, 0.717) is 11.4 Å². The molecule has 1 amide bonds. The molecular formula is C25H21ClN2O. The van der Waals surface area contributed by atoms with Crippen LogP contribution in [0.25, 0.3) is 22.0 Å². The largest absolute Gasteiger partial charge is 0.322 e. The van der Waals surface area contributed by atoms with Gasteiger partial charge in [0.2, 0.25) is 0 Å². The normalized spacial score (nSPS) is 10.9. The molecule has 144 valence electrons. The van der Waals surface area contributed by atoms with Gasteiger partial charge in [-0.25, -0.2) is 0 Å². The van der Waals surface area contributed by atoms with Gasteiger partial charge in [-0.05, 0) is 60.4 Å². The number of carbonyl (C=O) groups is 1. The van der Waals surface area contributed by atoms with Gasteiger partial charge in [0, 0.05) is 28.7 Å². The van der Waals surface area contributed by atoms with E-state index in [1.807, 2.05) is 49.4 Å². The molecule has 0 atom stereocenters. The number of hydrogen-bond acceptors (Lipinski definition) is 2. The van der Waals surface area contributed by atoms with Crippen molar-refractivity contribution in [1.82, 2.24) is 4.98 Å². The van der Waals surface area contributed by atoms with Crippen LogP contribution >= 0.6 is 11.6 Å². The number of carbonyl (C=O) groups excluding carboxylic acids is 1. The van der Waals surface area contributed by atoms with Gasteiger partial charge in [-0.2, -0.15) is 0 Å². The fourth-order valence-electron chi connectivity index (χ4n) is 3.36. The van der Waals surface area contributed by atoms with Crippen molar-refractivity contribution in [2.24, 2.45) is 0 Å². The van der Waals surface area contributed by atoms with Gasteiger partial charge in [0.05, 0.1) is 5.52 Å². The van der Waals surface area contributed by atoms with Crippen LogP contribution in [0.5, 0.6) is 0 Å². The first-order valence-electron chi connectivity index (χ1n) is 9.48. The van der Waals surface area contributed by atoms with Crippen LogP contribution in [0.15, 0.2) is 72.9 Å². The average Bonchev–Trinajstić information content (AvgIpc) is 2.76. The maximum absolute atomic E-state index is 12.7. The molecule has 0 bridgehead atoms. The Morgan fingerprint density at radius 2 is 1.59 bits per heavy atom. The highest BCUT2D eigenvalue weighted by Crippen LogP contribution is 2.26. The summed E-state index contributed by atoms with van der Waals surface area (Å²) < 4.78 is 0. The minimum absolute atomic E-state index is 0.139. The van der Waals surface area contributed by atoms with Gasteiger partial charge < -0.3 is 5.32 Å². The Morgan fingerprint density at radius 3 is 2.24 bits per heavy atom. The molecule has 0 saturated carbocycles. The number of nitrogens with one attached hydrogen (secondary N) is 1. The van der Waals surface area contributed by atoms with Crippen LogP contribution in [0.4, 0.5) is 5.69 Å². The molecule has 1 heterocycles. The number of rotatable bonds is 4. The predicted octanol–water partition coefficient (Wildman–Crippen LogP) is 6.51. The van der Waals surface area contributed by atoms with Crippen molar-refractivity contribution in [3.05, 3.63) is 95.2 Å². The van der Waals surface area contributed by atoms with Crippen LogP contribution < -0.4 is 5.32 Å². The van der Waals surface area contributed by atoms with Gasteiger partial charge in [-0.3, -0.25) is 9.78 Å². The zero-order valence-corrected chi connectivity index (χ0v) is 17.1. The monoisotopic (exact) mass is 400 g/mol. The maximum Gasteiger partial charge on any atom is 0.255 e. The summed E-state index contributed by atoms with van der Waals surface area (Å²) in [6.07, 6.45) is 1.78. The molecule has 3 nitrogen and oxygen atoms in total. The molecule has 0 radical (unpaired) electrons. The number of nitrogens with zero attached hydrogens (tertiary/aromatic N) is 1. The maximum atomic E-state index is 12.7. The molecule has 0 aliphatic carbocycles. The number of aryl methyl sites for hydroxylation is 2.